The van der Waals surface area contributed by atoms with Gasteiger partial charge < -0.3 is 14.2 Å². The van der Waals surface area contributed by atoms with E-state index in [-0.39, 0.29) is 5.91 Å². The summed E-state index contributed by atoms with van der Waals surface area (Å²) in [6.45, 7) is 0.725. The van der Waals surface area contributed by atoms with Crippen molar-refractivity contribution in [3.63, 3.8) is 0 Å². The van der Waals surface area contributed by atoms with Crippen molar-refractivity contribution >= 4 is 35.0 Å². The van der Waals surface area contributed by atoms with Crippen LogP contribution in [0.2, 0.25) is 5.02 Å². The van der Waals surface area contributed by atoms with Crippen LogP contribution in [0.25, 0.3) is 11.4 Å². The molecule has 0 saturated carbocycles. The number of carbonyl (C=O) groups is 1. The fourth-order valence-electron chi connectivity index (χ4n) is 3.48. The number of methoxy groups -OCH3 is 1. The van der Waals surface area contributed by atoms with Crippen LogP contribution in [0.4, 0.5) is 5.69 Å². The monoisotopic (exact) mass is 428 g/mol. The normalized spacial score (nSPS) is 13.3. The number of nitrogens with zero attached hydrogens (tertiary/aromatic N) is 4. The number of thioether (sulfide) groups is 1. The number of halogens is 1. The predicted molar refractivity (Wildman–Crippen MR) is 116 cm³/mol. The van der Waals surface area contributed by atoms with E-state index in [1.54, 1.807) is 7.11 Å². The van der Waals surface area contributed by atoms with Gasteiger partial charge in [0.2, 0.25) is 5.91 Å². The van der Waals surface area contributed by atoms with Crippen molar-refractivity contribution in [1.29, 1.82) is 0 Å². The van der Waals surface area contributed by atoms with Crippen LogP contribution in [0, 0.1) is 0 Å². The van der Waals surface area contributed by atoms with Crippen molar-refractivity contribution in [2.75, 3.05) is 24.3 Å². The number of amides is 1. The van der Waals surface area contributed by atoms with Crippen molar-refractivity contribution in [2.24, 2.45) is 7.05 Å². The quantitative estimate of drug-likeness (QED) is 0.569. The Balaban J connectivity index is 1.48. The number of aryl methyl sites for hydroxylation is 1. The summed E-state index contributed by atoms with van der Waals surface area (Å²) in [6, 6.07) is 13.4. The van der Waals surface area contributed by atoms with Crippen LogP contribution in [-0.2, 0) is 18.3 Å². The summed E-state index contributed by atoms with van der Waals surface area (Å²) >= 11 is 7.66. The van der Waals surface area contributed by atoms with Gasteiger partial charge in [-0.25, -0.2) is 0 Å². The number of hydrogen-bond acceptors (Lipinski definition) is 5. The molecular weight excluding hydrogens is 408 g/mol. The second-order valence-corrected chi connectivity index (χ2v) is 8.13. The van der Waals surface area contributed by atoms with Gasteiger partial charge in [-0.15, -0.1) is 10.2 Å². The van der Waals surface area contributed by atoms with Gasteiger partial charge in [-0.3, -0.25) is 4.79 Å². The van der Waals surface area contributed by atoms with E-state index in [1.807, 2.05) is 59.0 Å². The van der Waals surface area contributed by atoms with E-state index < -0.39 is 0 Å². The zero-order valence-electron chi connectivity index (χ0n) is 16.3. The van der Waals surface area contributed by atoms with Crippen LogP contribution in [0.5, 0.6) is 5.75 Å². The van der Waals surface area contributed by atoms with Crippen LogP contribution >= 0.6 is 23.4 Å². The molecule has 0 spiro atoms. The molecule has 0 atom stereocenters. The molecule has 2 aromatic carbocycles. The molecule has 6 nitrogen and oxygen atoms in total. The molecule has 0 N–H and O–H groups in total. The van der Waals surface area contributed by atoms with E-state index in [0.29, 0.717) is 21.8 Å². The Bertz CT molecular complexity index is 1050. The molecule has 1 aliphatic heterocycles. The minimum absolute atomic E-state index is 0.0587. The molecule has 150 valence electrons. The summed E-state index contributed by atoms with van der Waals surface area (Å²) in [6.07, 6.45) is 1.89. The number of benzene rings is 2. The Morgan fingerprint density at radius 1 is 1.24 bits per heavy atom. The van der Waals surface area contributed by atoms with Gasteiger partial charge >= 0.3 is 0 Å². The van der Waals surface area contributed by atoms with Crippen LogP contribution in [0.1, 0.15) is 12.0 Å². The highest BCUT2D eigenvalue weighted by molar-refractivity contribution is 7.99. The smallest absolute Gasteiger partial charge is 0.237 e. The Labute approximate surface area is 178 Å². The van der Waals surface area contributed by atoms with Crippen LogP contribution in [-0.4, -0.2) is 40.1 Å². The topological polar surface area (TPSA) is 60.2 Å². The molecule has 4 rings (SSSR count). The van der Waals surface area contributed by atoms with Crippen LogP contribution in [0.3, 0.4) is 0 Å². The number of aromatic nitrogens is 3. The van der Waals surface area contributed by atoms with Crippen LogP contribution < -0.4 is 9.64 Å². The third-order valence-corrected chi connectivity index (χ3v) is 6.32. The standard InChI is InChI=1S/C21H21ClN4O2S/c1-25-20(16-7-3-4-8-17(16)22)23-24-21(25)29-13-19(27)26-11-5-6-14-12-15(28-2)9-10-18(14)26/h3-4,7-10,12H,5-6,11,13H2,1-2H3. The molecule has 3 aromatic rings. The van der Waals surface area contributed by atoms with Gasteiger partial charge in [-0.2, -0.15) is 0 Å². The SMILES string of the molecule is COc1ccc2c(c1)CCCN2C(=O)CSc1nnc(-c2ccccc2Cl)n1C. The first-order valence-corrected chi connectivity index (χ1v) is 10.7. The number of carbonyl (C=O) groups excluding carboxylic acids is 1. The lowest BCUT2D eigenvalue weighted by Gasteiger charge is -2.29. The molecule has 0 bridgehead atoms. The summed E-state index contributed by atoms with van der Waals surface area (Å²) < 4.78 is 7.18. The van der Waals surface area contributed by atoms with E-state index in [4.69, 9.17) is 16.3 Å². The van der Waals surface area contributed by atoms with Gasteiger partial charge in [-0.1, -0.05) is 35.5 Å². The fourth-order valence-corrected chi connectivity index (χ4v) is 4.49. The van der Waals surface area contributed by atoms with Crippen molar-refractivity contribution < 1.29 is 9.53 Å². The molecule has 0 saturated heterocycles. The van der Waals surface area contributed by atoms with Gasteiger partial charge in [0.1, 0.15) is 5.75 Å². The summed E-state index contributed by atoms with van der Waals surface area (Å²) in [5.41, 5.74) is 2.94. The Morgan fingerprint density at radius 2 is 2.07 bits per heavy atom. The van der Waals surface area contributed by atoms with E-state index in [9.17, 15) is 4.79 Å². The first kappa shape index (κ1) is 19.8. The Morgan fingerprint density at radius 3 is 2.86 bits per heavy atom. The maximum absolute atomic E-state index is 12.9. The molecule has 29 heavy (non-hydrogen) atoms. The molecule has 1 aromatic heterocycles. The second-order valence-electron chi connectivity index (χ2n) is 6.78. The molecule has 8 heteroatoms. The highest BCUT2D eigenvalue weighted by Crippen LogP contribution is 2.32. The third-order valence-electron chi connectivity index (χ3n) is 4.98. The predicted octanol–water partition coefficient (Wildman–Crippen LogP) is 4.22. The number of anilines is 1. The summed E-state index contributed by atoms with van der Waals surface area (Å²) in [7, 11) is 3.54. The zero-order valence-corrected chi connectivity index (χ0v) is 17.8. The van der Waals surface area contributed by atoms with Crippen molar-refractivity contribution in [3.8, 4) is 17.1 Å². The second kappa shape index (κ2) is 8.47. The van der Waals surface area contributed by atoms with Crippen molar-refractivity contribution in [2.45, 2.75) is 18.0 Å². The van der Waals surface area contributed by atoms with E-state index in [0.717, 1.165) is 42.0 Å². The number of ether oxygens (including phenoxy) is 1. The van der Waals surface area contributed by atoms with Gasteiger partial charge in [0.05, 0.1) is 17.9 Å². The van der Waals surface area contributed by atoms with Gasteiger partial charge in [0, 0.05) is 24.8 Å². The lowest BCUT2D eigenvalue weighted by molar-refractivity contribution is -0.116. The van der Waals surface area contributed by atoms with E-state index in [1.165, 1.54) is 11.8 Å². The first-order valence-electron chi connectivity index (χ1n) is 9.33. The Hall–Kier alpha value is -2.51. The molecule has 0 aliphatic carbocycles. The molecule has 0 fully saturated rings. The van der Waals surface area contributed by atoms with Gasteiger partial charge in [-0.05, 0) is 48.7 Å². The lowest BCUT2D eigenvalue weighted by atomic mass is 10.0. The maximum Gasteiger partial charge on any atom is 0.237 e. The average molecular weight is 429 g/mol. The summed E-state index contributed by atoms with van der Waals surface area (Å²) in [5, 5.41) is 9.81. The van der Waals surface area contributed by atoms with Crippen molar-refractivity contribution in [1.82, 2.24) is 14.8 Å². The summed E-state index contributed by atoms with van der Waals surface area (Å²) in [5.74, 6) is 1.85. The minimum atomic E-state index is 0.0587. The largest absolute Gasteiger partial charge is 0.497 e. The van der Waals surface area contributed by atoms with Gasteiger partial charge in [0.25, 0.3) is 0 Å². The number of hydrogen-bond donors (Lipinski definition) is 0. The lowest BCUT2D eigenvalue weighted by Crippen LogP contribution is -2.36. The fraction of sp³-hybridized carbons (Fsp3) is 0.286. The molecule has 1 aliphatic rings. The van der Waals surface area contributed by atoms with Gasteiger partial charge in [0.15, 0.2) is 11.0 Å². The molecule has 1 amide bonds. The van der Waals surface area contributed by atoms with E-state index >= 15 is 0 Å². The number of fused-ring (bicyclic) bond motifs is 1. The van der Waals surface area contributed by atoms with Crippen molar-refractivity contribution in [3.05, 3.63) is 53.1 Å². The highest BCUT2D eigenvalue weighted by atomic mass is 35.5. The molecular formula is C21H21ClN4O2S. The third kappa shape index (κ3) is 3.97. The summed E-state index contributed by atoms with van der Waals surface area (Å²) in [4.78, 5) is 14.8. The molecule has 2 heterocycles. The Kier molecular flexibility index (Phi) is 5.78. The average Bonchev–Trinajstić information content (AvgIpc) is 3.11. The zero-order chi connectivity index (χ0) is 20.4. The molecule has 0 unspecified atom stereocenters. The highest BCUT2D eigenvalue weighted by Gasteiger charge is 2.24. The minimum Gasteiger partial charge on any atom is -0.497 e. The van der Waals surface area contributed by atoms with Crippen LogP contribution in [0.15, 0.2) is 47.6 Å². The molecule has 0 radical (unpaired) electrons. The first-order chi connectivity index (χ1) is 14.1. The van der Waals surface area contributed by atoms with E-state index in [2.05, 4.69) is 10.2 Å². The maximum atomic E-state index is 12.9. The number of rotatable bonds is 5.